The van der Waals surface area contributed by atoms with E-state index >= 15 is 0 Å². The highest BCUT2D eigenvalue weighted by molar-refractivity contribution is 5.93. The van der Waals surface area contributed by atoms with E-state index in [2.05, 4.69) is 21.3 Å². The van der Waals surface area contributed by atoms with Gasteiger partial charge in [0.1, 0.15) is 18.1 Å². The van der Waals surface area contributed by atoms with E-state index in [1.807, 2.05) is 0 Å². The van der Waals surface area contributed by atoms with Crippen LogP contribution in [0.25, 0.3) is 5.52 Å². The smallest absolute Gasteiger partial charge is 0.270 e. The molecule has 0 radical (unpaired) electrons. The van der Waals surface area contributed by atoms with E-state index in [4.69, 9.17) is 5.26 Å². The molecule has 2 aromatic rings. The molecule has 0 aromatic carbocycles. The summed E-state index contributed by atoms with van der Waals surface area (Å²) < 4.78 is 1.75. The van der Waals surface area contributed by atoms with Crippen molar-refractivity contribution in [2.45, 2.75) is 12.5 Å². The fraction of sp³-hybridized carbons (Fsp3) is 0.400. The lowest BCUT2D eigenvalue weighted by Crippen LogP contribution is -2.43. The molecule has 1 N–H and O–H groups in total. The number of hydrogen-bond donors (Lipinski definition) is 1. The predicted molar refractivity (Wildman–Crippen MR) is 75.7 cm³/mol. The van der Waals surface area contributed by atoms with Crippen LogP contribution >= 0.6 is 0 Å². The van der Waals surface area contributed by atoms with Gasteiger partial charge in [0, 0.05) is 25.3 Å². The van der Waals surface area contributed by atoms with Crippen LogP contribution in [0.2, 0.25) is 0 Å². The van der Waals surface area contributed by atoms with Gasteiger partial charge < -0.3 is 14.6 Å². The van der Waals surface area contributed by atoms with Crippen molar-refractivity contribution in [3.8, 4) is 6.07 Å². The number of carbonyl (C=O) groups is 1. The predicted octanol–water partition coefficient (Wildman–Crippen LogP) is 0.640. The van der Waals surface area contributed by atoms with Crippen LogP contribution in [-0.4, -0.2) is 45.9 Å². The molecule has 1 amide bonds. The fourth-order valence-electron chi connectivity index (χ4n) is 3.41. The molecular weight excluding hydrogens is 266 g/mol. The lowest BCUT2D eigenvalue weighted by atomic mass is 10.00. The summed E-state index contributed by atoms with van der Waals surface area (Å²) in [5.74, 6) is 0.419. The second-order valence-corrected chi connectivity index (χ2v) is 5.80. The average Bonchev–Trinajstić information content (AvgIpc) is 3.21. The first-order valence-electron chi connectivity index (χ1n) is 7.14. The second-order valence-electron chi connectivity index (χ2n) is 5.80. The topological polar surface area (TPSA) is 73.4 Å². The van der Waals surface area contributed by atoms with Crippen LogP contribution in [0, 0.1) is 17.2 Å². The number of hydrogen-bond acceptors (Lipinski definition) is 4. The third-order valence-electron chi connectivity index (χ3n) is 4.55. The molecule has 2 aliphatic rings. The van der Waals surface area contributed by atoms with Gasteiger partial charge in [0.2, 0.25) is 0 Å². The number of nitrogens with zero attached hydrogens (tertiary/aromatic N) is 4. The first-order chi connectivity index (χ1) is 10.2. The van der Waals surface area contributed by atoms with Crippen LogP contribution in [0.1, 0.15) is 22.5 Å². The molecule has 2 fully saturated rings. The molecule has 21 heavy (non-hydrogen) atoms. The normalized spacial score (nSPS) is 26.9. The maximum Gasteiger partial charge on any atom is 0.270 e. The SMILES string of the molecule is N#Cc1ccn2cnc(C(=O)NC3CN4CC[C@H]3C4)cc12. The molecular formula is C15H15N5O. The van der Waals surface area contributed by atoms with Crippen molar-refractivity contribution in [1.82, 2.24) is 19.6 Å². The molecule has 2 bridgehead atoms. The lowest BCUT2D eigenvalue weighted by Gasteiger charge is -2.22. The van der Waals surface area contributed by atoms with E-state index in [9.17, 15) is 4.79 Å². The summed E-state index contributed by atoms with van der Waals surface area (Å²) >= 11 is 0. The average molecular weight is 281 g/mol. The van der Waals surface area contributed by atoms with Crippen LogP contribution in [-0.2, 0) is 0 Å². The van der Waals surface area contributed by atoms with Gasteiger partial charge in [0.25, 0.3) is 5.91 Å². The summed E-state index contributed by atoms with van der Waals surface area (Å²) in [6.07, 6.45) is 4.51. The van der Waals surface area contributed by atoms with Crippen LogP contribution in [0.15, 0.2) is 24.7 Å². The number of aromatic nitrogens is 2. The molecule has 106 valence electrons. The minimum atomic E-state index is -0.152. The number of carbonyl (C=O) groups excluding carboxylic acids is 1. The first-order valence-corrected chi connectivity index (χ1v) is 7.14. The Bertz CT molecular complexity index is 759. The van der Waals surface area contributed by atoms with Crippen molar-refractivity contribution in [3.63, 3.8) is 0 Å². The van der Waals surface area contributed by atoms with Crippen LogP contribution in [0.4, 0.5) is 0 Å². The minimum Gasteiger partial charge on any atom is -0.346 e. The zero-order chi connectivity index (χ0) is 14.4. The highest BCUT2D eigenvalue weighted by Gasteiger charge is 2.38. The van der Waals surface area contributed by atoms with Crippen molar-refractivity contribution in [2.24, 2.45) is 5.92 Å². The fourth-order valence-corrected chi connectivity index (χ4v) is 3.41. The van der Waals surface area contributed by atoms with Crippen molar-refractivity contribution in [2.75, 3.05) is 19.6 Å². The Hall–Kier alpha value is -2.39. The maximum absolute atomic E-state index is 12.4. The van der Waals surface area contributed by atoms with Gasteiger partial charge in [-0.3, -0.25) is 4.79 Å². The number of fused-ring (bicyclic) bond motifs is 3. The summed E-state index contributed by atoms with van der Waals surface area (Å²) in [6, 6.07) is 5.76. The third kappa shape index (κ3) is 1.98. The summed E-state index contributed by atoms with van der Waals surface area (Å²) in [5, 5.41) is 12.2. The molecule has 6 nitrogen and oxygen atoms in total. The summed E-state index contributed by atoms with van der Waals surface area (Å²) in [7, 11) is 0. The molecule has 2 saturated heterocycles. The molecule has 2 aliphatic heterocycles. The molecule has 0 spiro atoms. The van der Waals surface area contributed by atoms with Gasteiger partial charge in [-0.05, 0) is 31.0 Å². The molecule has 3 atom stereocenters. The van der Waals surface area contributed by atoms with E-state index in [1.54, 1.807) is 29.1 Å². The van der Waals surface area contributed by atoms with E-state index in [1.165, 1.54) is 0 Å². The van der Waals surface area contributed by atoms with Gasteiger partial charge in [-0.1, -0.05) is 0 Å². The Kier molecular flexibility index (Phi) is 2.69. The summed E-state index contributed by atoms with van der Waals surface area (Å²) in [5.41, 5.74) is 1.64. The van der Waals surface area contributed by atoms with E-state index < -0.39 is 0 Å². The first kappa shape index (κ1) is 12.4. The van der Waals surface area contributed by atoms with Gasteiger partial charge in [-0.2, -0.15) is 5.26 Å². The Morgan fingerprint density at radius 3 is 3.10 bits per heavy atom. The van der Waals surface area contributed by atoms with Gasteiger partial charge in [-0.25, -0.2) is 4.98 Å². The van der Waals surface area contributed by atoms with Gasteiger partial charge >= 0.3 is 0 Å². The minimum absolute atomic E-state index is 0.152. The lowest BCUT2D eigenvalue weighted by molar-refractivity contribution is 0.0919. The second kappa shape index (κ2) is 4.57. The van der Waals surface area contributed by atoms with Crippen molar-refractivity contribution in [1.29, 1.82) is 5.26 Å². The number of rotatable bonds is 2. The van der Waals surface area contributed by atoms with Crippen molar-refractivity contribution >= 4 is 11.4 Å². The maximum atomic E-state index is 12.4. The number of nitriles is 1. The Morgan fingerprint density at radius 1 is 1.48 bits per heavy atom. The van der Waals surface area contributed by atoms with Crippen LogP contribution < -0.4 is 5.32 Å². The zero-order valence-electron chi connectivity index (χ0n) is 11.5. The van der Waals surface area contributed by atoms with Gasteiger partial charge in [-0.15, -0.1) is 0 Å². The molecule has 4 heterocycles. The highest BCUT2D eigenvalue weighted by Crippen LogP contribution is 2.27. The van der Waals surface area contributed by atoms with E-state index in [0.717, 1.165) is 26.1 Å². The monoisotopic (exact) mass is 281 g/mol. The van der Waals surface area contributed by atoms with Gasteiger partial charge in [0.15, 0.2) is 0 Å². The molecule has 2 unspecified atom stereocenters. The van der Waals surface area contributed by atoms with E-state index in [-0.39, 0.29) is 11.9 Å². The largest absolute Gasteiger partial charge is 0.346 e. The Morgan fingerprint density at radius 2 is 2.38 bits per heavy atom. The zero-order valence-corrected chi connectivity index (χ0v) is 11.5. The third-order valence-corrected chi connectivity index (χ3v) is 4.55. The van der Waals surface area contributed by atoms with E-state index in [0.29, 0.717) is 22.7 Å². The van der Waals surface area contributed by atoms with Crippen LogP contribution in [0.3, 0.4) is 0 Å². The van der Waals surface area contributed by atoms with Crippen LogP contribution in [0.5, 0.6) is 0 Å². The quantitative estimate of drug-likeness (QED) is 0.876. The summed E-state index contributed by atoms with van der Waals surface area (Å²) in [4.78, 5) is 18.9. The summed E-state index contributed by atoms with van der Waals surface area (Å²) in [6.45, 7) is 3.18. The Balaban J connectivity index is 1.58. The van der Waals surface area contributed by atoms with Gasteiger partial charge in [0.05, 0.1) is 11.1 Å². The molecule has 2 aromatic heterocycles. The van der Waals surface area contributed by atoms with Crippen molar-refractivity contribution < 1.29 is 4.79 Å². The molecule has 0 saturated carbocycles. The Labute approximate surface area is 122 Å². The molecule has 6 heteroatoms. The number of amides is 1. The number of nitrogens with one attached hydrogen (secondary N) is 1. The van der Waals surface area contributed by atoms with Crippen molar-refractivity contribution in [3.05, 3.63) is 35.9 Å². The standard InChI is InChI=1S/C15H15N5O/c16-6-10-2-4-20-9-17-12(5-14(10)20)15(21)18-13-8-19-3-1-11(13)7-19/h2,4-5,9,11,13H,1,3,7-8H2,(H,18,21)/t11-,13?/m0/s1. The highest BCUT2D eigenvalue weighted by atomic mass is 16.2. The number of piperidine rings is 1. The molecule has 0 aliphatic carbocycles. The molecule has 4 rings (SSSR count).